The fourth-order valence-corrected chi connectivity index (χ4v) is 8.31. The van der Waals surface area contributed by atoms with Crippen LogP contribution in [0.25, 0.3) is 10.9 Å². The standard InChI is InChI=1S/C43H56F3N9O8/c1-2-55-37(57)25-33(38(55)29-4-3-13-47-26-29)41(59)49-15-19-62-21-23-63-22-20-61-18-12-36(56)52-31-8-5-28(6-9-31)40(58)48-14-17-54-16-11-35(42(54)60)53-39-32-24-30(43(44,45)46)7-10-34(32)50-27-51-39/h3-4,7,10,13,24,26-28,31,33,35,38H,2,5-6,8-9,11-12,14-23,25H2,1H3,(H,48,58)(H,49,59)(H,52,56)(H,50,51,53)/t28?,31?,33-,35-,38+/m0/s1. The zero-order valence-corrected chi connectivity index (χ0v) is 35.4. The van der Waals surface area contributed by atoms with E-state index in [2.05, 4.69) is 36.2 Å². The van der Waals surface area contributed by atoms with Crippen molar-refractivity contribution >= 4 is 46.3 Å². The molecule has 4 N–H and O–H groups in total. The lowest BCUT2D eigenvalue weighted by atomic mass is 9.85. The number of pyridine rings is 1. The van der Waals surface area contributed by atoms with Crippen molar-refractivity contribution < 1.29 is 51.4 Å². The van der Waals surface area contributed by atoms with E-state index in [-0.39, 0.29) is 84.7 Å². The Kier molecular flexibility index (Phi) is 17.0. The zero-order valence-electron chi connectivity index (χ0n) is 35.4. The Morgan fingerprint density at radius 3 is 2.32 bits per heavy atom. The van der Waals surface area contributed by atoms with Crippen LogP contribution in [0.5, 0.6) is 0 Å². The van der Waals surface area contributed by atoms with Crippen molar-refractivity contribution in [3.63, 3.8) is 0 Å². The molecule has 342 valence electrons. The van der Waals surface area contributed by atoms with Crippen LogP contribution in [0.3, 0.4) is 0 Å². The Morgan fingerprint density at radius 1 is 0.873 bits per heavy atom. The average molecular weight is 884 g/mol. The smallest absolute Gasteiger partial charge is 0.379 e. The number of halogens is 3. The maximum Gasteiger partial charge on any atom is 0.416 e. The minimum atomic E-state index is -4.53. The van der Waals surface area contributed by atoms with Gasteiger partial charge in [-0.25, -0.2) is 9.97 Å². The molecule has 3 fully saturated rings. The first-order valence-corrected chi connectivity index (χ1v) is 21.6. The van der Waals surface area contributed by atoms with Gasteiger partial charge in [-0.05, 0) is 68.9 Å². The lowest BCUT2D eigenvalue weighted by Gasteiger charge is -2.28. The Balaban J connectivity index is 0.755. The number of hydrogen-bond acceptors (Lipinski definition) is 12. The van der Waals surface area contributed by atoms with E-state index in [1.54, 1.807) is 28.3 Å². The summed E-state index contributed by atoms with van der Waals surface area (Å²) in [4.78, 5) is 79.6. The van der Waals surface area contributed by atoms with Gasteiger partial charge in [0, 0.05) is 75.3 Å². The van der Waals surface area contributed by atoms with Gasteiger partial charge in [-0.3, -0.25) is 29.0 Å². The number of carbonyl (C=O) groups excluding carboxylic acids is 5. The van der Waals surface area contributed by atoms with Gasteiger partial charge >= 0.3 is 6.18 Å². The Bertz CT molecular complexity index is 2020. The van der Waals surface area contributed by atoms with E-state index in [1.165, 1.54) is 12.4 Å². The van der Waals surface area contributed by atoms with Crippen LogP contribution < -0.4 is 21.3 Å². The first kappa shape index (κ1) is 47.0. The highest BCUT2D eigenvalue weighted by molar-refractivity contribution is 5.93. The second kappa shape index (κ2) is 22.8. The largest absolute Gasteiger partial charge is 0.416 e. The minimum absolute atomic E-state index is 0.0287. The molecule has 1 aromatic carbocycles. The fraction of sp³-hybridized carbons (Fsp3) is 0.581. The van der Waals surface area contributed by atoms with Gasteiger partial charge in [0.05, 0.1) is 62.7 Å². The van der Waals surface area contributed by atoms with Crippen molar-refractivity contribution in [3.05, 3.63) is 60.2 Å². The van der Waals surface area contributed by atoms with Crippen LogP contribution in [0.1, 0.15) is 69.0 Å². The van der Waals surface area contributed by atoms with Crippen molar-refractivity contribution in [3.8, 4) is 0 Å². The van der Waals surface area contributed by atoms with Crippen molar-refractivity contribution in [1.29, 1.82) is 0 Å². The van der Waals surface area contributed by atoms with Gasteiger partial charge in [-0.2, -0.15) is 13.2 Å². The lowest BCUT2D eigenvalue weighted by Crippen LogP contribution is -2.43. The van der Waals surface area contributed by atoms with E-state index in [1.807, 2.05) is 13.0 Å². The van der Waals surface area contributed by atoms with Crippen LogP contribution in [0.15, 0.2) is 49.1 Å². The fourth-order valence-electron chi connectivity index (χ4n) is 8.31. The Hall–Kier alpha value is -5.47. The molecule has 0 radical (unpaired) electrons. The molecular weight excluding hydrogens is 828 g/mol. The van der Waals surface area contributed by atoms with Crippen molar-refractivity contribution in [2.75, 3.05) is 77.7 Å². The van der Waals surface area contributed by atoms with E-state index in [4.69, 9.17) is 14.2 Å². The molecule has 20 heteroatoms. The lowest BCUT2D eigenvalue weighted by molar-refractivity contribution is -0.137. The number of rotatable bonds is 22. The Labute approximate surface area is 363 Å². The normalized spacial score (nSPS) is 21.5. The quantitative estimate of drug-likeness (QED) is 0.108. The summed E-state index contributed by atoms with van der Waals surface area (Å²) in [5.41, 5.74) is 0.328. The average Bonchev–Trinajstić information content (AvgIpc) is 3.81. The van der Waals surface area contributed by atoms with Gasteiger partial charge < -0.3 is 45.3 Å². The highest BCUT2D eigenvalue weighted by atomic mass is 19.4. The molecule has 3 aromatic rings. The number of carbonyl (C=O) groups is 5. The number of nitrogens with one attached hydrogen (secondary N) is 4. The molecule has 0 unspecified atom stereocenters. The third-order valence-corrected chi connectivity index (χ3v) is 11.6. The third-order valence-electron chi connectivity index (χ3n) is 11.6. The Morgan fingerprint density at radius 2 is 1.60 bits per heavy atom. The number of likely N-dealkylation sites (tertiary alicyclic amines) is 2. The summed E-state index contributed by atoms with van der Waals surface area (Å²) in [6.45, 7) is 5.55. The molecule has 1 aliphatic carbocycles. The molecule has 3 aliphatic rings. The maximum atomic E-state index is 13.3. The highest BCUT2D eigenvalue weighted by Crippen LogP contribution is 2.38. The number of benzene rings is 1. The van der Waals surface area contributed by atoms with Crippen LogP contribution in [0.2, 0.25) is 0 Å². The van der Waals surface area contributed by atoms with E-state index in [0.29, 0.717) is 96.8 Å². The molecule has 4 heterocycles. The van der Waals surface area contributed by atoms with Crippen LogP contribution in [0, 0.1) is 11.8 Å². The van der Waals surface area contributed by atoms with Gasteiger partial charge in [0.2, 0.25) is 29.5 Å². The molecule has 0 bridgehead atoms. The summed E-state index contributed by atoms with van der Waals surface area (Å²) in [5.74, 6) is -1.23. The number of fused-ring (bicyclic) bond motifs is 1. The maximum absolute atomic E-state index is 13.3. The van der Waals surface area contributed by atoms with Gasteiger partial charge in [0.15, 0.2) is 0 Å². The topological polar surface area (TPSA) is 206 Å². The summed E-state index contributed by atoms with van der Waals surface area (Å²) in [5, 5.41) is 12.0. The van der Waals surface area contributed by atoms with Crippen molar-refractivity contribution in [1.82, 2.24) is 40.7 Å². The predicted octanol–water partition coefficient (Wildman–Crippen LogP) is 3.01. The summed E-state index contributed by atoms with van der Waals surface area (Å²) in [6.07, 6.45) is 3.40. The molecule has 2 aliphatic heterocycles. The van der Waals surface area contributed by atoms with E-state index < -0.39 is 23.7 Å². The number of nitrogens with zero attached hydrogens (tertiary/aromatic N) is 5. The summed E-state index contributed by atoms with van der Waals surface area (Å²) in [6, 6.07) is 5.83. The molecular formula is C43H56F3N9O8. The summed E-state index contributed by atoms with van der Waals surface area (Å²) in [7, 11) is 0. The minimum Gasteiger partial charge on any atom is -0.379 e. The molecule has 0 spiro atoms. The molecule has 1 saturated carbocycles. The summed E-state index contributed by atoms with van der Waals surface area (Å²) < 4.78 is 56.6. The molecule has 2 saturated heterocycles. The van der Waals surface area contributed by atoms with E-state index in [9.17, 15) is 37.1 Å². The van der Waals surface area contributed by atoms with Crippen molar-refractivity contribution in [2.24, 2.45) is 11.8 Å². The molecule has 5 amide bonds. The SMILES string of the molecule is CCN1C(=O)C[C@H](C(=O)NCCOCCOCCOCCC(=O)NC2CCC(C(=O)NCCN3CC[C@H](Nc4ncnc5ccc(C(F)(F)F)cc45)C3=O)CC2)[C@H]1c1cccnc1. The molecule has 2 aromatic heterocycles. The molecule has 17 nitrogen and oxygen atoms in total. The van der Waals surface area contributed by atoms with E-state index in [0.717, 1.165) is 17.7 Å². The van der Waals surface area contributed by atoms with Crippen LogP contribution >= 0.6 is 0 Å². The highest BCUT2D eigenvalue weighted by Gasteiger charge is 2.44. The first-order valence-electron chi connectivity index (χ1n) is 21.6. The van der Waals surface area contributed by atoms with Crippen LogP contribution in [-0.2, 0) is 44.4 Å². The third kappa shape index (κ3) is 13.0. The van der Waals surface area contributed by atoms with Gasteiger partial charge in [0.25, 0.3) is 0 Å². The first-order chi connectivity index (χ1) is 30.4. The number of hydrogen-bond donors (Lipinski definition) is 4. The number of ether oxygens (including phenoxy) is 3. The van der Waals surface area contributed by atoms with Crippen molar-refractivity contribution in [2.45, 2.75) is 76.2 Å². The predicted molar refractivity (Wildman–Crippen MR) is 223 cm³/mol. The van der Waals surface area contributed by atoms with Crippen LogP contribution in [0.4, 0.5) is 19.0 Å². The molecule has 6 rings (SSSR count). The van der Waals surface area contributed by atoms with Gasteiger partial charge in [-0.15, -0.1) is 0 Å². The number of amides is 5. The van der Waals surface area contributed by atoms with E-state index >= 15 is 0 Å². The summed E-state index contributed by atoms with van der Waals surface area (Å²) >= 11 is 0. The second-order valence-corrected chi connectivity index (χ2v) is 15.8. The molecule has 3 atom stereocenters. The number of alkyl halides is 3. The monoisotopic (exact) mass is 883 g/mol. The van der Waals surface area contributed by atoms with Crippen LogP contribution in [-0.4, -0.2) is 139 Å². The van der Waals surface area contributed by atoms with Gasteiger partial charge in [-0.1, -0.05) is 6.07 Å². The number of anilines is 1. The number of aromatic nitrogens is 3. The zero-order chi connectivity index (χ0) is 44.8. The van der Waals surface area contributed by atoms with Gasteiger partial charge in [0.1, 0.15) is 18.2 Å². The molecule has 63 heavy (non-hydrogen) atoms. The second-order valence-electron chi connectivity index (χ2n) is 15.8.